The van der Waals surface area contributed by atoms with Crippen molar-refractivity contribution in [2.45, 2.75) is 32.9 Å². The Bertz CT molecular complexity index is 233. The third-order valence-electron chi connectivity index (χ3n) is 2.36. The number of hydrogen-bond donors (Lipinski definition) is 2. The van der Waals surface area contributed by atoms with Crippen LogP contribution >= 0.6 is 11.3 Å². The van der Waals surface area contributed by atoms with Crippen LogP contribution in [-0.2, 0) is 6.54 Å². The normalized spacial score (nSPS) is 13.4. The van der Waals surface area contributed by atoms with Gasteiger partial charge in [0.25, 0.3) is 0 Å². The molecule has 1 heterocycles. The van der Waals surface area contributed by atoms with Gasteiger partial charge < -0.3 is 10.4 Å². The van der Waals surface area contributed by atoms with Crippen LogP contribution in [0.2, 0.25) is 0 Å². The lowest BCUT2D eigenvalue weighted by Gasteiger charge is -2.21. The molecule has 1 atom stereocenters. The summed E-state index contributed by atoms with van der Waals surface area (Å²) in [6.45, 7) is 5.55. The summed E-state index contributed by atoms with van der Waals surface area (Å²) in [4.78, 5) is 1.36. The van der Waals surface area contributed by atoms with Gasteiger partial charge in [-0.3, -0.25) is 0 Å². The Hall–Kier alpha value is -0.380. The molecule has 1 aromatic rings. The summed E-state index contributed by atoms with van der Waals surface area (Å²) in [7, 11) is 0. The van der Waals surface area contributed by atoms with Gasteiger partial charge >= 0.3 is 0 Å². The first-order chi connectivity index (χ1) is 6.74. The molecule has 1 aromatic heterocycles. The lowest BCUT2D eigenvalue weighted by Crippen LogP contribution is -2.33. The van der Waals surface area contributed by atoms with Crippen LogP contribution in [0, 0.1) is 5.92 Å². The Balaban J connectivity index is 2.33. The Morgan fingerprint density at radius 3 is 2.79 bits per heavy atom. The number of aliphatic hydroxyl groups is 1. The standard InChI is InChI=1S/C11H19NOS/c1-9(2)11(5-6-13)12-8-10-4-3-7-14-10/h3-4,7,9,11-13H,5-6,8H2,1-2H3. The van der Waals surface area contributed by atoms with Crippen molar-refractivity contribution in [3.05, 3.63) is 22.4 Å². The molecule has 2 N–H and O–H groups in total. The van der Waals surface area contributed by atoms with E-state index in [2.05, 4.69) is 36.7 Å². The first-order valence-corrected chi connectivity index (χ1v) is 5.98. The molecule has 0 aliphatic carbocycles. The number of nitrogens with one attached hydrogen (secondary N) is 1. The van der Waals surface area contributed by atoms with Gasteiger partial charge in [0.1, 0.15) is 0 Å². The Morgan fingerprint density at radius 1 is 1.50 bits per heavy atom. The van der Waals surface area contributed by atoms with E-state index in [-0.39, 0.29) is 6.61 Å². The maximum absolute atomic E-state index is 8.91. The molecule has 0 saturated carbocycles. The predicted molar refractivity (Wildman–Crippen MR) is 61.5 cm³/mol. The number of aliphatic hydroxyl groups excluding tert-OH is 1. The molecule has 0 radical (unpaired) electrons. The lowest BCUT2D eigenvalue weighted by atomic mass is 10.0. The lowest BCUT2D eigenvalue weighted by molar-refractivity contribution is 0.244. The molecule has 0 bridgehead atoms. The van der Waals surface area contributed by atoms with E-state index in [0.717, 1.165) is 13.0 Å². The molecule has 1 rings (SSSR count). The van der Waals surface area contributed by atoms with Gasteiger partial charge in [-0.15, -0.1) is 11.3 Å². The molecule has 0 fully saturated rings. The minimum absolute atomic E-state index is 0.264. The monoisotopic (exact) mass is 213 g/mol. The highest BCUT2D eigenvalue weighted by Crippen LogP contribution is 2.11. The molecule has 3 heteroatoms. The van der Waals surface area contributed by atoms with Crippen molar-refractivity contribution in [1.82, 2.24) is 5.32 Å². The largest absolute Gasteiger partial charge is 0.396 e. The zero-order valence-electron chi connectivity index (χ0n) is 8.86. The summed E-state index contributed by atoms with van der Waals surface area (Å²) >= 11 is 1.77. The highest BCUT2D eigenvalue weighted by molar-refractivity contribution is 7.09. The van der Waals surface area contributed by atoms with Gasteiger partial charge in [-0.1, -0.05) is 19.9 Å². The zero-order valence-corrected chi connectivity index (χ0v) is 9.68. The highest BCUT2D eigenvalue weighted by atomic mass is 32.1. The molecule has 1 unspecified atom stereocenters. The second-order valence-corrected chi connectivity index (χ2v) is 4.86. The van der Waals surface area contributed by atoms with Crippen molar-refractivity contribution in [3.63, 3.8) is 0 Å². The van der Waals surface area contributed by atoms with Gasteiger partial charge in [0, 0.05) is 24.1 Å². The fourth-order valence-corrected chi connectivity index (χ4v) is 2.11. The fraction of sp³-hybridized carbons (Fsp3) is 0.636. The van der Waals surface area contributed by atoms with E-state index in [1.54, 1.807) is 11.3 Å². The quantitative estimate of drug-likeness (QED) is 0.759. The number of thiophene rings is 1. The molecule has 0 saturated heterocycles. The third kappa shape index (κ3) is 3.78. The summed E-state index contributed by atoms with van der Waals surface area (Å²) in [5, 5.41) is 14.5. The van der Waals surface area contributed by atoms with E-state index in [1.165, 1.54) is 4.88 Å². The highest BCUT2D eigenvalue weighted by Gasteiger charge is 2.11. The molecule has 80 valence electrons. The minimum atomic E-state index is 0.264. The van der Waals surface area contributed by atoms with E-state index in [9.17, 15) is 0 Å². The zero-order chi connectivity index (χ0) is 10.4. The van der Waals surface area contributed by atoms with Crippen LogP contribution < -0.4 is 5.32 Å². The van der Waals surface area contributed by atoms with E-state index in [0.29, 0.717) is 12.0 Å². The Kier molecular flexibility index (Phi) is 5.15. The molecule has 0 aliphatic heterocycles. The average molecular weight is 213 g/mol. The Morgan fingerprint density at radius 2 is 2.29 bits per heavy atom. The van der Waals surface area contributed by atoms with Gasteiger partial charge in [0.05, 0.1) is 0 Å². The predicted octanol–water partition coefficient (Wildman–Crippen LogP) is 2.24. The topological polar surface area (TPSA) is 32.3 Å². The fourth-order valence-electron chi connectivity index (χ4n) is 1.46. The van der Waals surface area contributed by atoms with Crippen LogP contribution in [-0.4, -0.2) is 17.8 Å². The maximum atomic E-state index is 8.91. The van der Waals surface area contributed by atoms with Crippen LogP contribution in [0.5, 0.6) is 0 Å². The van der Waals surface area contributed by atoms with Crippen LogP contribution in [0.1, 0.15) is 25.1 Å². The first-order valence-electron chi connectivity index (χ1n) is 5.10. The summed E-state index contributed by atoms with van der Waals surface area (Å²) in [6.07, 6.45) is 0.836. The molecule has 14 heavy (non-hydrogen) atoms. The summed E-state index contributed by atoms with van der Waals surface area (Å²) in [5.41, 5.74) is 0. The van der Waals surface area contributed by atoms with Crippen molar-refractivity contribution in [2.24, 2.45) is 5.92 Å². The summed E-state index contributed by atoms with van der Waals surface area (Å²) in [6, 6.07) is 4.62. The first kappa shape index (κ1) is 11.7. The molecule has 2 nitrogen and oxygen atoms in total. The molecule has 0 amide bonds. The van der Waals surface area contributed by atoms with Crippen molar-refractivity contribution >= 4 is 11.3 Å². The third-order valence-corrected chi connectivity index (χ3v) is 3.24. The number of rotatable bonds is 6. The van der Waals surface area contributed by atoms with Crippen molar-refractivity contribution in [2.75, 3.05) is 6.61 Å². The van der Waals surface area contributed by atoms with Gasteiger partial charge in [0.2, 0.25) is 0 Å². The van der Waals surface area contributed by atoms with Gasteiger partial charge in [-0.2, -0.15) is 0 Å². The Labute approximate surface area is 90.0 Å². The van der Waals surface area contributed by atoms with Crippen LogP contribution in [0.3, 0.4) is 0 Å². The molecule has 0 aliphatic rings. The van der Waals surface area contributed by atoms with Crippen LogP contribution in [0.25, 0.3) is 0 Å². The van der Waals surface area contributed by atoms with E-state index < -0.39 is 0 Å². The van der Waals surface area contributed by atoms with Gasteiger partial charge in [-0.05, 0) is 23.8 Å². The van der Waals surface area contributed by atoms with E-state index in [4.69, 9.17) is 5.11 Å². The second kappa shape index (κ2) is 6.17. The maximum Gasteiger partial charge on any atom is 0.0445 e. The van der Waals surface area contributed by atoms with E-state index in [1.807, 2.05) is 0 Å². The summed E-state index contributed by atoms with van der Waals surface area (Å²) in [5.74, 6) is 0.571. The van der Waals surface area contributed by atoms with Gasteiger partial charge in [-0.25, -0.2) is 0 Å². The van der Waals surface area contributed by atoms with Crippen molar-refractivity contribution in [3.8, 4) is 0 Å². The minimum Gasteiger partial charge on any atom is -0.396 e. The summed E-state index contributed by atoms with van der Waals surface area (Å²) < 4.78 is 0. The SMILES string of the molecule is CC(C)C(CCO)NCc1cccs1. The van der Waals surface area contributed by atoms with Crippen molar-refractivity contribution < 1.29 is 5.11 Å². The average Bonchev–Trinajstić information content (AvgIpc) is 2.64. The number of hydrogen-bond acceptors (Lipinski definition) is 3. The molecular weight excluding hydrogens is 194 g/mol. The van der Waals surface area contributed by atoms with E-state index >= 15 is 0 Å². The van der Waals surface area contributed by atoms with Crippen molar-refractivity contribution in [1.29, 1.82) is 0 Å². The molecule has 0 aromatic carbocycles. The van der Waals surface area contributed by atoms with Crippen LogP contribution in [0.15, 0.2) is 17.5 Å². The second-order valence-electron chi connectivity index (χ2n) is 3.82. The van der Waals surface area contributed by atoms with Crippen LogP contribution in [0.4, 0.5) is 0 Å². The molecular formula is C11H19NOS. The smallest absolute Gasteiger partial charge is 0.0445 e. The molecule has 0 spiro atoms. The van der Waals surface area contributed by atoms with Gasteiger partial charge in [0.15, 0.2) is 0 Å².